The molecule has 0 heterocycles. The normalized spacial score (nSPS) is 9.07. The number of hydrogen-bond acceptors (Lipinski definition) is 3. The van der Waals surface area contributed by atoms with Gasteiger partial charge in [0.1, 0.15) is 5.75 Å². The van der Waals surface area contributed by atoms with Crippen LogP contribution in [-0.2, 0) is 11.3 Å². The zero-order valence-electron chi connectivity index (χ0n) is 8.73. The maximum Gasteiger partial charge on any atom is 0.121 e. The third kappa shape index (κ3) is 5.56. The van der Waals surface area contributed by atoms with E-state index in [9.17, 15) is 0 Å². The predicted molar refractivity (Wildman–Crippen MR) is 56.2 cm³/mol. The van der Waals surface area contributed by atoms with Gasteiger partial charge in [-0.05, 0) is 19.9 Å². The number of para-hydroxylation sites is 1. The lowest BCUT2D eigenvalue weighted by molar-refractivity contribution is 0.162. The number of rotatable bonds is 3. The van der Waals surface area contributed by atoms with E-state index in [2.05, 4.69) is 0 Å². The van der Waals surface area contributed by atoms with Gasteiger partial charge in [-0.15, -0.1) is 0 Å². The Hall–Kier alpha value is -1.06. The molecule has 80 valence electrons. The van der Waals surface area contributed by atoms with Gasteiger partial charge in [0, 0.05) is 18.8 Å². The smallest absolute Gasteiger partial charge is 0.121 e. The molecule has 3 heteroatoms. The minimum Gasteiger partial charge on any atom is -0.508 e. The molecule has 0 aliphatic carbocycles. The molecule has 0 unspecified atom stereocenters. The van der Waals surface area contributed by atoms with Gasteiger partial charge in [-0.3, -0.25) is 0 Å². The van der Waals surface area contributed by atoms with Crippen molar-refractivity contribution < 1.29 is 14.9 Å². The zero-order chi connectivity index (χ0) is 10.8. The molecule has 1 rings (SSSR count). The molecule has 1 aromatic carbocycles. The number of aromatic hydroxyl groups is 1. The van der Waals surface area contributed by atoms with E-state index in [4.69, 9.17) is 14.9 Å². The van der Waals surface area contributed by atoms with Crippen LogP contribution in [-0.4, -0.2) is 23.4 Å². The third-order valence-electron chi connectivity index (χ3n) is 1.57. The van der Waals surface area contributed by atoms with Gasteiger partial charge in [0.15, 0.2) is 0 Å². The van der Waals surface area contributed by atoms with Crippen molar-refractivity contribution in [3.05, 3.63) is 29.8 Å². The van der Waals surface area contributed by atoms with E-state index in [1.807, 2.05) is 13.8 Å². The summed E-state index contributed by atoms with van der Waals surface area (Å²) in [7, 11) is 0. The first-order valence-electron chi connectivity index (χ1n) is 4.71. The Bertz CT molecular complexity index is 234. The predicted octanol–water partition coefficient (Wildman–Crippen LogP) is 1.93. The Morgan fingerprint density at radius 2 is 1.71 bits per heavy atom. The molecule has 0 aliphatic heterocycles. The van der Waals surface area contributed by atoms with Crippen LogP contribution in [0.1, 0.15) is 19.4 Å². The SMILES string of the molecule is CCOCC.OCc1ccccc1O. The highest BCUT2D eigenvalue weighted by Crippen LogP contribution is 2.14. The average molecular weight is 198 g/mol. The van der Waals surface area contributed by atoms with Gasteiger partial charge in [0.2, 0.25) is 0 Å². The van der Waals surface area contributed by atoms with E-state index in [-0.39, 0.29) is 12.4 Å². The van der Waals surface area contributed by atoms with E-state index in [0.717, 1.165) is 13.2 Å². The lowest BCUT2D eigenvalue weighted by Crippen LogP contribution is -1.84. The fourth-order valence-electron chi connectivity index (χ4n) is 0.849. The fourth-order valence-corrected chi connectivity index (χ4v) is 0.849. The quantitative estimate of drug-likeness (QED) is 0.780. The summed E-state index contributed by atoms with van der Waals surface area (Å²) in [5, 5.41) is 17.5. The van der Waals surface area contributed by atoms with Gasteiger partial charge >= 0.3 is 0 Å². The van der Waals surface area contributed by atoms with Gasteiger partial charge in [-0.25, -0.2) is 0 Å². The zero-order valence-corrected chi connectivity index (χ0v) is 8.73. The Balaban J connectivity index is 0.000000292. The van der Waals surface area contributed by atoms with Crippen LogP contribution < -0.4 is 0 Å². The van der Waals surface area contributed by atoms with E-state index < -0.39 is 0 Å². The molecule has 0 saturated heterocycles. The number of aliphatic hydroxyl groups is 1. The van der Waals surface area contributed by atoms with Crippen LogP contribution in [0.5, 0.6) is 5.75 Å². The van der Waals surface area contributed by atoms with E-state index in [1.165, 1.54) is 0 Å². The highest BCUT2D eigenvalue weighted by Gasteiger charge is 1.93. The van der Waals surface area contributed by atoms with Crippen molar-refractivity contribution in [2.75, 3.05) is 13.2 Å². The Kier molecular flexibility index (Phi) is 7.89. The summed E-state index contributed by atoms with van der Waals surface area (Å²) in [4.78, 5) is 0. The molecule has 1 aromatic rings. The molecule has 14 heavy (non-hydrogen) atoms. The summed E-state index contributed by atoms with van der Waals surface area (Å²) >= 11 is 0. The molecule has 0 atom stereocenters. The Morgan fingerprint density at radius 3 is 2.00 bits per heavy atom. The largest absolute Gasteiger partial charge is 0.508 e. The highest BCUT2D eigenvalue weighted by molar-refractivity contribution is 5.30. The molecular formula is C11H18O3. The Labute approximate surface area is 85.0 Å². The second-order valence-corrected chi connectivity index (χ2v) is 2.57. The monoisotopic (exact) mass is 198 g/mol. The van der Waals surface area contributed by atoms with Crippen molar-refractivity contribution in [2.24, 2.45) is 0 Å². The minimum atomic E-state index is -0.104. The number of benzene rings is 1. The number of ether oxygens (including phenoxy) is 1. The van der Waals surface area contributed by atoms with E-state index >= 15 is 0 Å². The summed E-state index contributed by atoms with van der Waals surface area (Å²) in [6, 6.07) is 6.71. The standard InChI is InChI=1S/C7H8O2.C4H10O/c8-5-6-3-1-2-4-7(6)9;1-3-5-4-2/h1-4,8-9H,5H2;3-4H2,1-2H3. The van der Waals surface area contributed by atoms with E-state index in [0.29, 0.717) is 5.56 Å². The first kappa shape index (κ1) is 12.9. The third-order valence-corrected chi connectivity index (χ3v) is 1.57. The van der Waals surface area contributed by atoms with Crippen molar-refractivity contribution in [3.63, 3.8) is 0 Å². The second kappa shape index (κ2) is 8.53. The molecule has 0 bridgehead atoms. The Morgan fingerprint density at radius 1 is 1.14 bits per heavy atom. The van der Waals surface area contributed by atoms with Crippen LogP contribution in [0.2, 0.25) is 0 Å². The molecule has 0 saturated carbocycles. The van der Waals surface area contributed by atoms with E-state index in [1.54, 1.807) is 24.3 Å². The van der Waals surface area contributed by atoms with Crippen molar-refractivity contribution in [3.8, 4) is 5.75 Å². The topological polar surface area (TPSA) is 49.7 Å². The summed E-state index contributed by atoms with van der Waals surface area (Å²) in [6.45, 7) is 5.56. The van der Waals surface area contributed by atoms with Crippen molar-refractivity contribution in [1.82, 2.24) is 0 Å². The van der Waals surface area contributed by atoms with Gasteiger partial charge < -0.3 is 14.9 Å². The van der Waals surface area contributed by atoms with Crippen molar-refractivity contribution >= 4 is 0 Å². The van der Waals surface area contributed by atoms with Gasteiger partial charge in [-0.1, -0.05) is 18.2 Å². The lowest BCUT2D eigenvalue weighted by atomic mass is 10.2. The van der Waals surface area contributed by atoms with Crippen LogP contribution in [0.15, 0.2) is 24.3 Å². The van der Waals surface area contributed by atoms with Crippen molar-refractivity contribution in [1.29, 1.82) is 0 Å². The minimum absolute atomic E-state index is 0.104. The highest BCUT2D eigenvalue weighted by atomic mass is 16.5. The first-order valence-corrected chi connectivity index (χ1v) is 4.71. The lowest BCUT2D eigenvalue weighted by Gasteiger charge is -1.96. The van der Waals surface area contributed by atoms with Gasteiger partial charge in [-0.2, -0.15) is 0 Å². The molecule has 0 amide bonds. The van der Waals surface area contributed by atoms with Crippen LogP contribution in [0.3, 0.4) is 0 Å². The fraction of sp³-hybridized carbons (Fsp3) is 0.455. The maximum atomic E-state index is 8.95. The molecule has 0 aromatic heterocycles. The second-order valence-electron chi connectivity index (χ2n) is 2.57. The molecule has 0 fully saturated rings. The number of phenols is 1. The summed E-state index contributed by atoms with van der Waals surface area (Å²) in [6.07, 6.45) is 0. The molecule has 0 aliphatic rings. The molecular weight excluding hydrogens is 180 g/mol. The summed E-state index contributed by atoms with van der Waals surface area (Å²) in [5.74, 6) is 0.153. The average Bonchev–Trinajstić information content (AvgIpc) is 2.21. The molecule has 2 N–H and O–H groups in total. The van der Waals surface area contributed by atoms with Crippen LogP contribution in [0.4, 0.5) is 0 Å². The summed E-state index contributed by atoms with van der Waals surface area (Å²) in [5.41, 5.74) is 0.567. The molecule has 0 spiro atoms. The van der Waals surface area contributed by atoms with Gasteiger partial charge in [0.25, 0.3) is 0 Å². The maximum absolute atomic E-state index is 8.95. The molecule has 0 radical (unpaired) electrons. The summed E-state index contributed by atoms with van der Waals surface area (Å²) < 4.78 is 4.83. The van der Waals surface area contributed by atoms with Gasteiger partial charge in [0.05, 0.1) is 6.61 Å². The van der Waals surface area contributed by atoms with Crippen LogP contribution in [0.25, 0.3) is 0 Å². The number of aliphatic hydroxyl groups excluding tert-OH is 1. The molecule has 3 nitrogen and oxygen atoms in total. The number of hydrogen-bond donors (Lipinski definition) is 2. The van der Waals surface area contributed by atoms with Crippen molar-refractivity contribution in [2.45, 2.75) is 20.5 Å². The van der Waals surface area contributed by atoms with Crippen LogP contribution >= 0.6 is 0 Å². The first-order chi connectivity index (χ1) is 6.76. The van der Waals surface area contributed by atoms with Crippen LogP contribution in [0, 0.1) is 0 Å².